The number of piperidine rings is 1. The van der Waals surface area contributed by atoms with Gasteiger partial charge in [0.1, 0.15) is 5.76 Å². The highest BCUT2D eigenvalue weighted by atomic mass is 16.5. The van der Waals surface area contributed by atoms with Gasteiger partial charge in [-0.2, -0.15) is 0 Å². The van der Waals surface area contributed by atoms with Crippen molar-refractivity contribution < 1.29 is 18.9 Å². The Balaban J connectivity index is 1.38. The number of carbonyl (C=O) groups is 3. The summed E-state index contributed by atoms with van der Waals surface area (Å²) in [4.78, 5) is 37.2. The van der Waals surface area contributed by atoms with Gasteiger partial charge in [-0.05, 0) is 25.7 Å². The Labute approximate surface area is 151 Å². The first-order valence-electron chi connectivity index (χ1n) is 9.09. The Morgan fingerprint density at radius 3 is 2.62 bits per heavy atom. The lowest BCUT2D eigenvalue weighted by atomic mass is 10.0. The molecule has 142 valence electrons. The highest BCUT2D eigenvalue weighted by Gasteiger charge is 2.30. The number of carbonyl (C=O) groups excluding carboxylic acids is 3. The summed E-state index contributed by atoms with van der Waals surface area (Å²) < 4.78 is 5.21. The van der Waals surface area contributed by atoms with Gasteiger partial charge in [-0.1, -0.05) is 5.16 Å². The second-order valence-electron chi connectivity index (χ2n) is 6.82. The molecule has 0 unspecified atom stereocenters. The molecule has 9 heteroatoms. The van der Waals surface area contributed by atoms with Crippen molar-refractivity contribution in [2.45, 2.75) is 44.1 Å². The summed E-state index contributed by atoms with van der Waals surface area (Å²) >= 11 is 0. The Morgan fingerprint density at radius 2 is 1.96 bits per heavy atom. The number of hydrogen-bond donors (Lipinski definition) is 3. The molecule has 0 aromatic carbocycles. The molecule has 1 saturated heterocycles. The number of nitrogens with one attached hydrogen (secondary N) is 2. The molecule has 3 amide bonds. The van der Waals surface area contributed by atoms with Crippen LogP contribution in [-0.4, -0.2) is 60.0 Å². The molecule has 1 saturated carbocycles. The van der Waals surface area contributed by atoms with Crippen LogP contribution in [0.25, 0.3) is 0 Å². The van der Waals surface area contributed by atoms with Gasteiger partial charge in [0.2, 0.25) is 11.8 Å². The Bertz CT molecular complexity index is 662. The molecule has 1 aromatic heterocycles. The number of nitrogens with two attached hydrogens (primary N) is 1. The lowest BCUT2D eigenvalue weighted by molar-refractivity contribution is -0.132. The van der Waals surface area contributed by atoms with E-state index in [1.165, 1.54) is 0 Å². The van der Waals surface area contributed by atoms with Crippen molar-refractivity contribution in [1.82, 2.24) is 20.7 Å². The molecule has 4 N–H and O–H groups in total. The minimum absolute atomic E-state index is 0.00215. The van der Waals surface area contributed by atoms with Crippen LogP contribution in [0.1, 0.15) is 54.3 Å². The predicted octanol–water partition coefficient (Wildman–Crippen LogP) is -0.262. The number of amides is 3. The molecule has 2 heterocycles. The quantitative estimate of drug-likeness (QED) is 0.612. The van der Waals surface area contributed by atoms with Gasteiger partial charge in [-0.3, -0.25) is 14.4 Å². The molecule has 9 nitrogen and oxygen atoms in total. The van der Waals surface area contributed by atoms with Crippen LogP contribution in [0, 0.1) is 0 Å². The zero-order valence-corrected chi connectivity index (χ0v) is 14.7. The summed E-state index contributed by atoms with van der Waals surface area (Å²) in [6, 6.07) is 1.74. The van der Waals surface area contributed by atoms with Gasteiger partial charge in [0.05, 0.1) is 6.54 Å². The highest BCUT2D eigenvalue weighted by molar-refractivity contribution is 5.92. The second-order valence-corrected chi connectivity index (χ2v) is 6.82. The third-order valence-electron chi connectivity index (χ3n) is 4.77. The highest BCUT2D eigenvalue weighted by Crippen LogP contribution is 2.40. The van der Waals surface area contributed by atoms with Crippen molar-refractivity contribution in [2.75, 3.05) is 26.2 Å². The maximum absolute atomic E-state index is 12.3. The van der Waals surface area contributed by atoms with E-state index < -0.39 is 0 Å². The number of hydrogen-bond acceptors (Lipinski definition) is 6. The number of rotatable bonds is 7. The molecule has 3 rings (SSSR count). The van der Waals surface area contributed by atoms with Gasteiger partial charge >= 0.3 is 0 Å². The van der Waals surface area contributed by atoms with Crippen molar-refractivity contribution in [3.63, 3.8) is 0 Å². The molecule has 1 aliphatic carbocycles. The van der Waals surface area contributed by atoms with E-state index >= 15 is 0 Å². The van der Waals surface area contributed by atoms with Gasteiger partial charge in [0.25, 0.3) is 5.91 Å². The molecule has 26 heavy (non-hydrogen) atoms. The van der Waals surface area contributed by atoms with E-state index in [4.69, 9.17) is 10.3 Å². The number of likely N-dealkylation sites (tertiary alicyclic amines) is 1. The van der Waals surface area contributed by atoms with Gasteiger partial charge in [-0.15, -0.1) is 0 Å². The third-order valence-corrected chi connectivity index (χ3v) is 4.77. The largest absolute Gasteiger partial charge is 0.360 e. The SMILES string of the molecule is NCC(=O)NCCC(=O)N1CCC(NC(=O)c2cc(C3CC3)on2)CC1. The lowest BCUT2D eigenvalue weighted by Gasteiger charge is -2.32. The van der Waals surface area contributed by atoms with E-state index in [1.807, 2.05) is 0 Å². The molecule has 2 aliphatic rings. The van der Waals surface area contributed by atoms with Crippen LogP contribution >= 0.6 is 0 Å². The van der Waals surface area contributed by atoms with E-state index in [9.17, 15) is 14.4 Å². The topological polar surface area (TPSA) is 131 Å². The number of nitrogens with zero attached hydrogens (tertiary/aromatic N) is 2. The summed E-state index contributed by atoms with van der Waals surface area (Å²) in [5, 5.41) is 9.39. The molecule has 1 aliphatic heterocycles. The van der Waals surface area contributed by atoms with Crippen molar-refractivity contribution >= 4 is 17.7 Å². The van der Waals surface area contributed by atoms with Crippen LogP contribution in [-0.2, 0) is 9.59 Å². The molecular weight excluding hydrogens is 338 g/mol. The van der Waals surface area contributed by atoms with Crippen LogP contribution in [0.5, 0.6) is 0 Å². The van der Waals surface area contributed by atoms with Gasteiger partial charge in [0.15, 0.2) is 5.69 Å². The minimum atomic E-state index is -0.267. The van der Waals surface area contributed by atoms with Crippen LogP contribution in [0.3, 0.4) is 0 Å². The fraction of sp³-hybridized carbons (Fsp3) is 0.647. The van der Waals surface area contributed by atoms with Crippen LogP contribution < -0.4 is 16.4 Å². The molecule has 0 bridgehead atoms. The minimum Gasteiger partial charge on any atom is -0.360 e. The van der Waals surface area contributed by atoms with Crippen LogP contribution in [0.2, 0.25) is 0 Å². The smallest absolute Gasteiger partial charge is 0.273 e. The Hall–Kier alpha value is -2.42. The van der Waals surface area contributed by atoms with Gasteiger partial charge in [-0.25, -0.2) is 0 Å². The average molecular weight is 363 g/mol. The predicted molar refractivity (Wildman–Crippen MR) is 92.2 cm³/mol. The lowest BCUT2D eigenvalue weighted by Crippen LogP contribution is -2.47. The first kappa shape index (κ1) is 18.4. The third kappa shape index (κ3) is 4.81. The van der Waals surface area contributed by atoms with Crippen molar-refractivity contribution in [2.24, 2.45) is 5.73 Å². The zero-order chi connectivity index (χ0) is 18.5. The summed E-state index contributed by atoms with van der Waals surface area (Å²) in [7, 11) is 0. The van der Waals surface area contributed by atoms with E-state index in [2.05, 4.69) is 15.8 Å². The molecule has 0 spiro atoms. The van der Waals surface area contributed by atoms with E-state index in [0.717, 1.165) is 18.6 Å². The first-order valence-corrected chi connectivity index (χ1v) is 9.09. The standard InChI is InChI=1S/C17H25N5O4/c18-10-15(23)19-6-3-16(24)22-7-4-12(5-8-22)20-17(25)13-9-14(26-21-13)11-1-2-11/h9,11-12H,1-8,10,18H2,(H,19,23)(H,20,25). The zero-order valence-electron chi connectivity index (χ0n) is 14.7. The second kappa shape index (κ2) is 8.31. The fourth-order valence-corrected chi connectivity index (χ4v) is 3.03. The summed E-state index contributed by atoms with van der Waals surface area (Å²) in [5.41, 5.74) is 5.52. The monoisotopic (exact) mass is 363 g/mol. The molecule has 0 atom stereocenters. The van der Waals surface area contributed by atoms with Crippen molar-refractivity contribution in [3.8, 4) is 0 Å². The van der Waals surface area contributed by atoms with Gasteiger partial charge < -0.3 is 25.8 Å². The Kier molecular flexibility index (Phi) is 5.87. The van der Waals surface area contributed by atoms with E-state index in [-0.39, 0.29) is 36.7 Å². The summed E-state index contributed by atoms with van der Waals surface area (Å²) in [6.07, 6.45) is 3.84. The van der Waals surface area contributed by atoms with Crippen molar-refractivity contribution in [3.05, 3.63) is 17.5 Å². The average Bonchev–Trinajstić information content (AvgIpc) is 3.38. The van der Waals surface area contributed by atoms with Crippen LogP contribution in [0.15, 0.2) is 10.6 Å². The Morgan fingerprint density at radius 1 is 1.23 bits per heavy atom. The fourth-order valence-electron chi connectivity index (χ4n) is 3.03. The van der Waals surface area contributed by atoms with E-state index in [1.54, 1.807) is 11.0 Å². The molecular formula is C17H25N5O4. The normalized spacial score (nSPS) is 17.8. The van der Waals surface area contributed by atoms with Crippen molar-refractivity contribution in [1.29, 1.82) is 0 Å². The molecule has 2 fully saturated rings. The summed E-state index contributed by atoms with van der Waals surface area (Å²) in [5.74, 6) is 0.717. The maximum Gasteiger partial charge on any atom is 0.273 e. The number of aromatic nitrogens is 1. The summed E-state index contributed by atoms with van der Waals surface area (Å²) in [6.45, 7) is 1.38. The van der Waals surface area contributed by atoms with Crippen LogP contribution in [0.4, 0.5) is 0 Å². The first-order chi connectivity index (χ1) is 12.6. The van der Waals surface area contributed by atoms with E-state index in [0.29, 0.717) is 44.1 Å². The maximum atomic E-state index is 12.3. The molecule has 1 aromatic rings. The van der Waals surface area contributed by atoms with Gasteiger partial charge in [0, 0.05) is 44.1 Å². The molecule has 0 radical (unpaired) electrons.